The molecule has 2 aliphatic heterocycles. The molecule has 138 valence electrons. The number of nitrogens with one attached hydrogen (secondary N) is 1. The summed E-state index contributed by atoms with van der Waals surface area (Å²) in [4.78, 5) is 2.46. The summed E-state index contributed by atoms with van der Waals surface area (Å²) in [5.74, 6) is -0.192. The number of hydrogen-bond acceptors (Lipinski definition) is 3. The van der Waals surface area contributed by atoms with E-state index in [1.807, 2.05) is 12.1 Å². The van der Waals surface area contributed by atoms with Crippen LogP contribution < -0.4 is 10.2 Å². The summed E-state index contributed by atoms with van der Waals surface area (Å²) in [6, 6.07) is 15.9. The number of rotatable bonds is 5. The monoisotopic (exact) mass is 354 g/mol. The van der Waals surface area contributed by atoms with E-state index < -0.39 is 0 Å². The minimum absolute atomic E-state index is 0.192. The van der Waals surface area contributed by atoms with E-state index in [4.69, 9.17) is 4.74 Å². The molecule has 0 saturated carbocycles. The quantitative estimate of drug-likeness (QED) is 0.870. The van der Waals surface area contributed by atoms with E-state index in [0.29, 0.717) is 12.1 Å². The SMILES string of the molecule is Fc1ccc(-c2cccc(N3CCC(NCC4CCCO4)CC3)c2)cc1. The van der Waals surface area contributed by atoms with Crippen molar-refractivity contribution in [3.8, 4) is 11.1 Å². The molecule has 1 N–H and O–H groups in total. The normalized spacial score (nSPS) is 21.3. The zero-order valence-corrected chi connectivity index (χ0v) is 15.2. The van der Waals surface area contributed by atoms with Crippen molar-refractivity contribution in [3.05, 3.63) is 54.3 Å². The maximum absolute atomic E-state index is 13.1. The Labute approximate surface area is 155 Å². The zero-order chi connectivity index (χ0) is 17.8. The molecule has 1 unspecified atom stereocenters. The Morgan fingerprint density at radius 2 is 1.81 bits per heavy atom. The van der Waals surface area contributed by atoms with Crippen LogP contribution in [0.2, 0.25) is 0 Å². The number of ether oxygens (including phenoxy) is 1. The molecule has 0 radical (unpaired) electrons. The lowest BCUT2D eigenvalue weighted by molar-refractivity contribution is 0.106. The van der Waals surface area contributed by atoms with Gasteiger partial charge in [0.05, 0.1) is 6.10 Å². The first-order valence-electron chi connectivity index (χ1n) is 9.74. The van der Waals surface area contributed by atoms with Crippen LogP contribution in [0.1, 0.15) is 25.7 Å². The van der Waals surface area contributed by atoms with Gasteiger partial charge >= 0.3 is 0 Å². The maximum atomic E-state index is 13.1. The van der Waals surface area contributed by atoms with Crippen molar-refractivity contribution in [1.29, 1.82) is 0 Å². The highest BCUT2D eigenvalue weighted by Crippen LogP contribution is 2.27. The number of nitrogens with zero attached hydrogens (tertiary/aromatic N) is 1. The van der Waals surface area contributed by atoms with E-state index in [2.05, 4.69) is 34.5 Å². The Hall–Kier alpha value is -1.91. The van der Waals surface area contributed by atoms with Crippen molar-refractivity contribution in [1.82, 2.24) is 5.32 Å². The van der Waals surface area contributed by atoms with E-state index in [0.717, 1.165) is 50.2 Å². The Balaban J connectivity index is 1.34. The molecule has 2 heterocycles. The van der Waals surface area contributed by atoms with Gasteiger partial charge in [-0.3, -0.25) is 0 Å². The number of halogens is 1. The fourth-order valence-corrected chi connectivity index (χ4v) is 3.97. The first kappa shape index (κ1) is 17.5. The van der Waals surface area contributed by atoms with Crippen LogP contribution in [-0.2, 0) is 4.74 Å². The van der Waals surface area contributed by atoms with Crippen molar-refractivity contribution in [2.75, 3.05) is 31.1 Å². The van der Waals surface area contributed by atoms with E-state index in [9.17, 15) is 4.39 Å². The average molecular weight is 354 g/mol. The lowest BCUT2D eigenvalue weighted by Crippen LogP contribution is -2.44. The molecule has 0 spiro atoms. The molecule has 26 heavy (non-hydrogen) atoms. The molecule has 2 aliphatic rings. The van der Waals surface area contributed by atoms with Crippen LogP contribution in [-0.4, -0.2) is 38.4 Å². The minimum atomic E-state index is -0.192. The molecule has 2 fully saturated rings. The summed E-state index contributed by atoms with van der Waals surface area (Å²) >= 11 is 0. The molecular formula is C22H27FN2O. The van der Waals surface area contributed by atoms with Crippen LogP contribution in [0, 0.1) is 5.82 Å². The van der Waals surface area contributed by atoms with Crippen LogP contribution in [0.3, 0.4) is 0 Å². The van der Waals surface area contributed by atoms with Gasteiger partial charge in [-0.25, -0.2) is 4.39 Å². The Kier molecular flexibility index (Phi) is 5.51. The van der Waals surface area contributed by atoms with Gasteiger partial charge < -0.3 is 15.0 Å². The van der Waals surface area contributed by atoms with Gasteiger partial charge in [-0.05, 0) is 61.1 Å². The number of anilines is 1. The van der Waals surface area contributed by atoms with Gasteiger partial charge in [0, 0.05) is 38.0 Å². The van der Waals surface area contributed by atoms with Gasteiger partial charge in [0.25, 0.3) is 0 Å². The highest BCUT2D eigenvalue weighted by molar-refractivity contribution is 5.68. The van der Waals surface area contributed by atoms with Gasteiger partial charge in [-0.15, -0.1) is 0 Å². The largest absolute Gasteiger partial charge is 0.377 e. The molecule has 0 bridgehead atoms. The maximum Gasteiger partial charge on any atom is 0.123 e. The predicted molar refractivity (Wildman–Crippen MR) is 104 cm³/mol. The van der Waals surface area contributed by atoms with Gasteiger partial charge in [-0.1, -0.05) is 24.3 Å². The molecule has 4 rings (SSSR count). The van der Waals surface area contributed by atoms with Crippen LogP contribution in [0.4, 0.5) is 10.1 Å². The Morgan fingerprint density at radius 1 is 1.00 bits per heavy atom. The highest BCUT2D eigenvalue weighted by atomic mass is 19.1. The molecule has 4 heteroatoms. The minimum Gasteiger partial charge on any atom is -0.377 e. The van der Waals surface area contributed by atoms with Crippen molar-refractivity contribution in [3.63, 3.8) is 0 Å². The molecule has 2 saturated heterocycles. The molecule has 3 nitrogen and oxygen atoms in total. The standard InChI is InChI=1S/C22H27FN2O/c23-19-8-6-17(7-9-19)18-3-1-4-21(15-18)25-12-10-20(11-13-25)24-16-22-5-2-14-26-22/h1,3-4,6-9,15,20,22,24H,2,5,10-14,16H2. The van der Waals surface area contributed by atoms with Crippen molar-refractivity contribution in [2.24, 2.45) is 0 Å². The smallest absolute Gasteiger partial charge is 0.123 e. The fraction of sp³-hybridized carbons (Fsp3) is 0.455. The molecule has 0 aliphatic carbocycles. The second-order valence-electron chi connectivity index (χ2n) is 7.36. The van der Waals surface area contributed by atoms with Gasteiger partial charge in [0.1, 0.15) is 5.82 Å². The van der Waals surface area contributed by atoms with E-state index in [1.165, 1.54) is 30.7 Å². The summed E-state index contributed by atoms with van der Waals surface area (Å²) in [5.41, 5.74) is 3.45. The molecule has 2 aromatic rings. The third kappa shape index (κ3) is 4.25. The summed E-state index contributed by atoms with van der Waals surface area (Å²) < 4.78 is 18.8. The third-order valence-corrected chi connectivity index (χ3v) is 5.54. The molecule has 2 aromatic carbocycles. The van der Waals surface area contributed by atoms with Crippen molar-refractivity contribution < 1.29 is 9.13 Å². The Morgan fingerprint density at radius 3 is 2.54 bits per heavy atom. The lowest BCUT2D eigenvalue weighted by Gasteiger charge is -2.34. The molecular weight excluding hydrogens is 327 g/mol. The zero-order valence-electron chi connectivity index (χ0n) is 15.2. The molecule has 0 aromatic heterocycles. The number of piperidine rings is 1. The van der Waals surface area contributed by atoms with E-state index in [-0.39, 0.29) is 5.82 Å². The van der Waals surface area contributed by atoms with Gasteiger partial charge in [0.15, 0.2) is 0 Å². The third-order valence-electron chi connectivity index (χ3n) is 5.54. The van der Waals surface area contributed by atoms with Crippen molar-refractivity contribution >= 4 is 5.69 Å². The van der Waals surface area contributed by atoms with Gasteiger partial charge in [0.2, 0.25) is 0 Å². The predicted octanol–water partition coefficient (Wildman–Crippen LogP) is 4.23. The average Bonchev–Trinajstić information content (AvgIpc) is 3.21. The first-order valence-corrected chi connectivity index (χ1v) is 9.74. The molecule has 0 amide bonds. The summed E-state index contributed by atoms with van der Waals surface area (Å²) in [6.07, 6.45) is 5.14. The summed E-state index contributed by atoms with van der Waals surface area (Å²) in [6.45, 7) is 4.05. The van der Waals surface area contributed by atoms with Crippen LogP contribution in [0.15, 0.2) is 48.5 Å². The van der Waals surface area contributed by atoms with Crippen LogP contribution in [0.25, 0.3) is 11.1 Å². The Bertz CT molecular complexity index is 704. The van der Waals surface area contributed by atoms with Crippen molar-refractivity contribution in [2.45, 2.75) is 37.8 Å². The number of hydrogen-bond donors (Lipinski definition) is 1. The fourth-order valence-electron chi connectivity index (χ4n) is 3.97. The number of benzene rings is 2. The topological polar surface area (TPSA) is 24.5 Å². The second kappa shape index (κ2) is 8.19. The van der Waals surface area contributed by atoms with E-state index >= 15 is 0 Å². The van der Waals surface area contributed by atoms with Crippen LogP contribution in [0.5, 0.6) is 0 Å². The van der Waals surface area contributed by atoms with Crippen LogP contribution >= 0.6 is 0 Å². The second-order valence-corrected chi connectivity index (χ2v) is 7.36. The summed E-state index contributed by atoms with van der Waals surface area (Å²) in [7, 11) is 0. The van der Waals surface area contributed by atoms with Gasteiger partial charge in [-0.2, -0.15) is 0 Å². The lowest BCUT2D eigenvalue weighted by atomic mass is 10.0. The van der Waals surface area contributed by atoms with E-state index in [1.54, 1.807) is 0 Å². The molecule has 1 atom stereocenters. The highest BCUT2D eigenvalue weighted by Gasteiger charge is 2.22. The first-order chi connectivity index (χ1) is 12.8. The summed E-state index contributed by atoms with van der Waals surface area (Å²) in [5, 5.41) is 3.69.